The van der Waals surface area contributed by atoms with Gasteiger partial charge in [-0.1, -0.05) is 6.92 Å². The summed E-state index contributed by atoms with van der Waals surface area (Å²) in [7, 11) is 0.896. The van der Waals surface area contributed by atoms with E-state index in [4.69, 9.17) is 16.5 Å². The van der Waals surface area contributed by atoms with Crippen molar-refractivity contribution in [3.05, 3.63) is 0 Å². The Hall–Kier alpha value is -0.0551. The van der Waals surface area contributed by atoms with E-state index in [9.17, 15) is 0 Å². The summed E-state index contributed by atoms with van der Waals surface area (Å²) < 4.78 is 0. The Bertz CT molecular complexity index is 50.9. The minimum Gasteiger partial charge on any atom is -0.452 e. The minimum absolute atomic E-state index is 0.267. The van der Waals surface area contributed by atoms with Crippen molar-refractivity contribution >= 4 is 7.48 Å². The monoisotopic (exact) mass is 101 g/mol. The predicted octanol–water partition coefficient (Wildman–Crippen LogP) is -1.77. The molecular formula is C3H10BN2O. The lowest BCUT2D eigenvalue weighted by Gasteiger charge is -2.15. The summed E-state index contributed by atoms with van der Waals surface area (Å²) in [5.74, 6) is 0. The molecule has 0 rings (SSSR count). The molecule has 0 aromatic rings. The molecule has 5 N–H and O–H groups in total. The SMILES string of the molecule is CC(N)([B]O)CN. The molecule has 0 saturated heterocycles. The molecule has 7 heavy (non-hydrogen) atoms. The normalized spacial score (nSPS) is 18.3. The molecule has 4 heteroatoms. The van der Waals surface area contributed by atoms with Crippen molar-refractivity contribution in [1.29, 1.82) is 0 Å². The van der Waals surface area contributed by atoms with E-state index in [2.05, 4.69) is 0 Å². The van der Waals surface area contributed by atoms with Crippen LogP contribution in [-0.2, 0) is 0 Å². The van der Waals surface area contributed by atoms with Crippen LogP contribution in [-0.4, -0.2) is 24.5 Å². The van der Waals surface area contributed by atoms with E-state index in [0.717, 1.165) is 7.48 Å². The number of hydrogen-bond donors (Lipinski definition) is 3. The van der Waals surface area contributed by atoms with E-state index in [1.807, 2.05) is 0 Å². The number of nitrogens with two attached hydrogens (primary N) is 2. The van der Waals surface area contributed by atoms with Gasteiger partial charge in [-0.05, 0) is 0 Å². The summed E-state index contributed by atoms with van der Waals surface area (Å²) in [4.78, 5) is 0. The second-order valence-electron chi connectivity index (χ2n) is 1.84. The van der Waals surface area contributed by atoms with Crippen molar-refractivity contribution < 1.29 is 5.02 Å². The largest absolute Gasteiger partial charge is 0.452 e. The summed E-state index contributed by atoms with van der Waals surface area (Å²) in [5, 5.41) is 8.26. The zero-order valence-corrected chi connectivity index (χ0v) is 4.39. The molecule has 0 aliphatic carbocycles. The molecule has 0 aromatic heterocycles. The lowest BCUT2D eigenvalue weighted by molar-refractivity contribution is 0.523. The minimum atomic E-state index is -0.708. The zero-order valence-electron chi connectivity index (χ0n) is 4.39. The maximum Gasteiger partial charge on any atom is 0.310 e. The van der Waals surface area contributed by atoms with Gasteiger partial charge < -0.3 is 16.5 Å². The van der Waals surface area contributed by atoms with Crippen molar-refractivity contribution in [3.8, 4) is 0 Å². The first-order chi connectivity index (χ1) is 3.12. The second kappa shape index (κ2) is 2.30. The van der Waals surface area contributed by atoms with E-state index < -0.39 is 5.44 Å². The van der Waals surface area contributed by atoms with Crippen molar-refractivity contribution in [2.75, 3.05) is 6.54 Å². The quantitative estimate of drug-likeness (QED) is 0.360. The molecule has 0 aromatic carbocycles. The van der Waals surface area contributed by atoms with E-state index in [0.29, 0.717) is 0 Å². The number of rotatable bonds is 2. The Morgan fingerprint density at radius 1 is 1.86 bits per heavy atom. The third-order valence-corrected chi connectivity index (χ3v) is 0.735. The van der Waals surface area contributed by atoms with Crippen LogP contribution >= 0.6 is 0 Å². The molecule has 0 fully saturated rings. The highest BCUT2D eigenvalue weighted by Gasteiger charge is 2.15. The van der Waals surface area contributed by atoms with Gasteiger partial charge in [-0.15, -0.1) is 0 Å². The van der Waals surface area contributed by atoms with Crippen LogP contribution < -0.4 is 11.5 Å². The fraction of sp³-hybridized carbons (Fsp3) is 1.00. The Morgan fingerprint density at radius 2 is 2.29 bits per heavy atom. The molecule has 1 unspecified atom stereocenters. The summed E-state index contributed by atoms with van der Waals surface area (Å²) in [6, 6.07) is 0. The van der Waals surface area contributed by atoms with Crippen molar-refractivity contribution in [2.24, 2.45) is 11.5 Å². The molecule has 0 amide bonds. The lowest BCUT2D eigenvalue weighted by atomic mass is 9.74. The molecule has 1 atom stereocenters. The topological polar surface area (TPSA) is 72.3 Å². The fourth-order valence-corrected chi connectivity index (χ4v) is 0.0527. The van der Waals surface area contributed by atoms with Gasteiger partial charge >= 0.3 is 7.48 Å². The van der Waals surface area contributed by atoms with Crippen LogP contribution in [0.3, 0.4) is 0 Å². The van der Waals surface area contributed by atoms with Crippen LogP contribution in [0.5, 0.6) is 0 Å². The highest BCUT2D eigenvalue weighted by Crippen LogP contribution is 1.87. The third kappa shape index (κ3) is 2.62. The van der Waals surface area contributed by atoms with Gasteiger partial charge in [0.1, 0.15) is 0 Å². The van der Waals surface area contributed by atoms with E-state index in [1.165, 1.54) is 0 Å². The molecule has 0 saturated carbocycles. The van der Waals surface area contributed by atoms with Gasteiger partial charge in [-0.2, -0.15) is 0 Å². The molecular weight excluding hydrogens is 90.9 g/mol. The molecule has 0 spiro atoms. The Morgan fingerprint density at radius 3 is 2.29 bits per heavy atom. The van der Waals surface area contributed by atoms with Crippen LogP contribution in [0, 0.1) is 0 Å². The van der Waals surface area contributed by atoms with Gasteiger partial charge in [-0.3, -0.25) is 0 Å². The highest BCUT2D eigenvalue weighted by molar-refractivity contribution is 6.30. The fourth-order valence-electron chi connectivity index (χ4n) is 0.0527. The van der Waals surface area contributed by atoms with E-state index in [1.54, 1.807) is 6.92 Å². The van der Waals surface area contributed by atoms with Gasteiger partial charge in [-0.25, -0.2) is 0 Å². The van der Waals surface area contributed by atoms with Gasteiger partial charge in [0.25, 0.3) is 0 Å². The molecule has 0 heterocycles. The van der Waals surface area contributed by atoms with Crippen molar-refractivity contribution in [1.82, 2.24) is 0 Å². The molecule has 0 aliphatic rings. The van der Waals surface area contributed by atoms with Gasteiger partial charge in [0.05, 0.1) is 0 Å². The van der Waals surface area contributed by atoms with Crippen molar-refractivity contribution in [3.63, 3.8) is 0 Å². The van der Waals surface area contributed by atoms with Gasteiger partial charge in [0.2, 0.25) is 0 Å². The molecule has 1 radical (unpaired) electrons. The molecule has 0 bridgehead atoms. The third-order valence-electron chi connectivity index (χ3n) is 0.735. The predicted molar refractivity (Wildman–Crippen MR) is 29.6 cm³/mol. The van der Waals surface area contributed by atoms with Gasteiger partial charge in [0, 0.05) is 12.0 Å². The summed E-state index contributed by atoms with van der Waals surface area (Å²) in [6.45, 7) is 1.91. The first-order valence-corrected chi connectivity index (χ1v) is 2.10. The maximum atomic E-state index is 8.26. The number of hydrogen-bond acceptors (Lipinski definition) is 3. The molecule has 3 nitrogen and oxygen atoms in total. The van der Waals surface area contributed by atoms with Gasteiger partial charge in [0.15, 0.2) is 0 Å². The van der Waals surface area contributed by atoms with Crippen LogP contribution in [0.2, 0.25) is 0 Å². The van der Waals surface area contributed by atoms with Crippen LogP contribution in [0.15, 0.2) is 0 Å². The molecule has 41 valence electrons. The maximum absolute atomic E-state index is 8.26. The molecule has 0 aliphatic heterocycles. The summed E-state index contributed by atoms with van der Waals surface area (Å²) >= 11 is 0. The second-order valence-corrected chi connectivity index (χ2v) is 1.84. The highest BCUT2D eigenvalue weighted by atomic mass is 16.2. The Kier molecular flexibility index (Phi) is 2.28. The Labute approximate surface area is 44.0 Å². The zero-order chi connectivity index (χ0) is 5.91. The average molecular weight is 101 g/mol. The summed E-state index contributed by atoms with van der Waals surface area (Å²) in [6.07, 6.45) is 0. The van der Waals surface area contributed by atoms with E-state index >= 15 is 0 Å². The summed E-state index contributed by atoms with van der Waals surface area (Å²) in [5.41, 5.74) is 9.68. The van der Waals surface area contributed by atoms with Crippen LogP contribution in [0.1, 0.15) is 6.92 Å². The smallest absolute Gasteiger partial charge is 0.310 e. The standard InChI is InChI=1S/C3H10BN2O/c1-3(6,2-5)4-7/h7H,2,5-6H2,1H3. The van der Waals surface area contributed by atoms with Crippen LogP contribution in [0.25, 0.3) is 0 Å². The van der Waals surface area contributed by atoms with Crippen LogP contribution in [0.4, 0.5) is 0 Å². The first-order valence-electron chi connectivity index (χ1n) is 2.10. The van der Waals surface area contributed by atoms with E-state index in [-0.39, 0.29) is 6.54 Å². The average Bonchev–Trinajstić information content (AvgIpc) is 1.68. The first kappa shape index (κ1) is 6.94. The lowest BCUT2D eigenvalue weighted by Crippen LogP contribution is -2.49. The van der Waals surface area contributed by atoms with Crippen molar-refractivity contribution in [2.45, 2.75) is 12.4 Å². The Balaban J connectivity index is 3.36.